The molecule has 0 radical (unpaired) electrons. The summed E-state index contributed by atoms with van der Waals surface area (Å²) < 4.78 is 12.1. The van der Waals surface area contributed by atoms with E-state index < -0.39 is 5.54 Å². The van der Waals surface area contributed by atoms with E-state index in [0.717, 1.165) is 16.7 Å². The van der Waals surface area contributed by atoms with Gasteiger partial charge >= 0.3 is 0 Å². The summed E-state index contributed by atoms with van der Waals surface area (Å²) in [5, 5.41) is 6.25. The highest BCUT2D eigenvalue weighted by molar-refractivity contribution is 5.98. The van der Waals surface area contributed by atoms with Crippen LogP contribution >= 0.6 is 0 Å². The topological polar surface area (TPSA) is 76.7 Å². The lowest BCUT2D eigenvalue weighted by Crippen LogP contribution is -2.50. The van der Waals surface area contributed by atoms with E-state index in [4.69, 9.17) is 9.47 Å². The quantitative estimate of drug-likeness (QED) is 0.201. The lowest BCUT2D eigenvalue weighted by atomic mass is 10.0. The molecule has 0 atom stereocenters. The van der Waals surface area contributed by atoms with Gasteiger partial charge in [0.15, 0.2) is 5.78 Å². The van der Waals surface area contributed by atoms with E-state index in [1.807, 2.05) is 111 Å². The van der Waals surface area contributed by atoms with Crippen LogP contribution in [0.15, 0.2) is 109 Å². The van der Waals surface area contributed by atoms with Crippen molar-refractivity contribution in [2.45, 2.75) is 39.0 Å². The molecule has 6 nitrogen and oxygen atoms in total. The third-order valence-corrected chi connectivity index (χ3v) is 6.36. The molecule has 0 aliphatic rings. The molecule has 206 valence electrons. The van der Waals surface area contributed by atoms with Crippen molar-refractivity contribution in [1.82, 2.24) is 10.6 Å². The number of amides is 1. The summed E-state index contributed by atoms with van der Waals surface area (Å²) in [4.78, 5) is 25.7. The molecule has 4 aromatic carbocycles. The molecule has 0 saturated carbocycles. The van der Waals surface area contributed by atoms with E-state index in [2.05, 4.69) is 10.6 Å². The molecule has 0 aromatic heterocycles. The average Bonchev–Trinajstić information content (AvgIpc) is 2.98. The van der Waals surface area contributed by atoms with Gasteiger partial charge in [0.2, 0.25) is 5.91 Å². The summed E-state index contributed by atoms with van der Waals surface area (Å²) in [5.74, 6) is 0.963. The molecular weight excluding hydrogens is 500 g/mol. The fourth-order valence-corrected chi connectivity index (χ4v) is 4.03. The van der Waals surface area contributed by atoms with Crippen LogP contribution in [-0.4, -0.2) is 30.3 Å². The Morgan fingerprint density at radius 2 is 1.15 bits per heavy atom. The van der Waals surface area contributed by atoms with E-state index >= 15 is 0 Å². The minimum absolute atomic E-state index is 0.0594. The van der Waals surface area contributed by atoms with Crippen molar-refractivity contribution in [3.05, 3.63) is 131 Å². The smallest absolute Gasteiger partial charge is 0.224 e. The van der Waals surface area contributed by atoms with Gasteiger partial charge in [0.1, 0.15) is 24.7 Å². The highest BCUT2D eigenvalue weighted by atomic mass is 16.5. The minimum atomic E-state index is -0.490. The molecule has 2 N–H and O–H groups in total. The zero-order chi connectivity index (χ0) is 28.2. The van der Waals surface area contributed by atoms with Crippen molar-refractivity contribution in [3.8, 4) is 11.5 Å². The molecule has 0 aliphatic carbocycles. The molecule has 0 bridgehead atoms. The zero-order valence-corrected chi connectivity index (χ0v) is 23.1. The van der Waals surface area contributed by atoms with E-state index in [0.29, 0.717) is 43.2 Å². The van der Waals surface area contributed by atoms with Gasteiger partial charge in [-0.2, -0.15) is 0 Å². The van der Waals surface area contributed by atoms with E-state index in [1.54, 1.807) is 12.1 Å². The number of carbonyl (C=O) groups is 2. The van der Waals surface area contributed by atoms with Gasteiger partial charge in [0.05, 0.1) is 13.0 Å². The van der Waals surface area contributed by atoms with Crippen molar-refractivity contribution in [2.75, 3.05) is 13.1 Å². The minimum Gasteiger partial charge on any atom is -0.489 e. The lowest BCUT2D eigenvalue weighted by molar-refractivity contribution is -0.120. The Morgan fingerprint density at radius 1 is 0.675 bits per heavy atom. The van der Waals surface area contributed by atoms with Crippen molar-refractivity contribution in [1.29, 1.82) is 0 Å². The highest BCUT2D eigenvalue weighted by Gasteiger charge is 2.21. The van der Waals surface area contributed by atoms with Crippen LogP contribution in [-0.2, 0) is 24.4 Å². The number of hydrogen-bond acceptors (Lipinski definition) is 5. The second-order valence-corrected chi connectivity index (χ2v) is 10.3. The Kier molecular flexibility index (Phi) is 10.1. The van der Waals surface area contributed by atoms with Gasteiger partial charge < -0.3 is 20.1 Å². The number of carbonyl (C=O) groups excluding carboxylic acids is 2. The summed E-state index contributed by atoms with van der Waals surface area (Å²) >= 11 is 0. The SMILES string of the molecule is CC(C)(CNC(=O)Cc1ccccc1)NCC(=O)c1cc(OCc2ccccc2)cc(OCc2ccccc2)c1. The van der Waals surface area contributed by atoms with Crippen molar-refractivity contribution >= 4 is 11.7 Å². The summed E-state index contributed by atoms with van der Waals surface area (Å²) in [6.07, 6.45) is 0.317. The van der Waals surface area contributed by atoms with Crippen LogP contribution < -0.4 is 20.1 Å². The Hall–Kier alpha value is -4.42. The molecule has 4 aromatic rings. The second kappa shape index (κ2) is 14.1. The zero-order valence-electron chi connectivity index (χ0n) is 23.1. The van der Waals surface area contributed by atoms with Gasteiger partial charge in [-0.25, -0.2) is 0 Å². The Morgan fingerprint density at radius 3 is 1.65 bits per heavy atom. The Balaban J connectivity index is 1.37. The fourth-order valence-electron chi connectivity index (χ4n) is 4.03. The predicted octanol–water partition coefficient (Wildman–Crippen LogP) is 5.75. The third kappa shape index (κ3) is 9.40. The first-order valence-electron chi connectivity index (χ1n) is 13.4. The first-order chi connectivity index (χ1) is 19.4. The average molecular weight is 537 g/mol. The number of rotatable bonds is 14. The molecular formula is C34H36N2O4. The van der Waals surface area contributed by atoms with Crippen LogP contribution in [0.4, 0.5) is 0 Å². The third-order valence-electron chi connectivity index (χ3n) is 6.36. The summed E-state index contributed by atoms with van der Waals surface area (Å²) in [5.41, 5.74) is 3.02. The van der Waals surface area contributed by atoms with E-state index in [9.17, 15) is 9.59 Å². The molecule has 0 aliphatic heterocycles. The Labute approximate surface area is 236 Å². The number of ether oxygens (including phenoxy) is 2. The van der Waals surface area contributed by atoms with E-state index in [-0.39, 0.29) is 18.2 Å². The summed E-state index contributed by atoms with van der Waals surface area (Å²) in [6.45, 7) is 5.16. The normalized spacial score (nSPS) is 11.1. The van der Waals surface area contributed by atoms with Crippen LogP contribution in [0, 0.1) is 0 Å². The van der Waals surface area contributed by atoms with Gasteiger partial charge in [-0.3, -0.25) is 9.59 Å². The molecule has 4 rings (SSSR count). The summed E-state index contributed by atoms with van der Waals surface area (Å²) in [7, 11) is 0. The first kappa shape index (κ1) is 28.6. The van der Waals surface area contributed by atoms with Crippen LogP contribution in [0.1, 0.15) is 40.9 Å². The molecule has 0 spiro atoms. The fraction of sp³-hybridized carbons (Fsp3) is 0.235. The molecule has 1 amide bonds. The maximum absolute atomic E-state index is 13.3. The molecule has 0 fully saturated rings. The van der Waals surface area contributed by atoms with Crippen molar-refractivity contribution in [3.63, 3.8) is 0 Å². The molecule has 6 heteroatoms. The molecule has 0 saturated heterocycles. The first-order valence-corrected chi connectivity index (χ1v) is 13.4. The molecule has 40 heavy (non-hydrogen) atoms. The number of hydrogen-bond donors (Lipinski definition) is 2. The van der Waals surface area contributed by atoms with Gasteiger partial charge in [-0.15, -0.1) is 0 Å². The number of nitrogens with one attached hydrogen (secondary N) is 2. The monoisotopic (exact) mass is 536 g/mol. The van der Waals surface area contributed by atoms with Crippen LogP contribution in [0.3, 0.4) is 0 Å². The van der Waals surface area contributed by atoms with Gasteiger partial charge in [-0.05, 0) is 42.7 Å². The van der Waals surface area contributed by atoms with Gasteiger partial charge in [-0.1, -0.05) is 91.0 Å². The van der Waals surface area contributed by atoms with Crippen molar-refractivity contribution < 1.29 is 19.1 Å². The molecule has 0 heterocycles. The highest BCUT2D eigenvalue weighted by Crippen LogP contribution is 2.25. The van der Waals surface area contributed by atoms with Crippen LogP contribution in [0.2, 0.25) is 0 Å². The van der Waals surface area contributed by atoms with Crippen LogP contribution in [0.25, 0.3) is 0 Å². The van der Waals surface area contributed by atoms with Gasteiger partial charge in [0, 0.05) is 23.7 Å². The maximum Gasteiger partial charge on any atom is 0.224 e. The molecule has 0 unspecified atom stereocenters. The number of Topliss-reactive ketones (excluding diaryl/α,β-unsaturated/α-hetero) is 1. The van der Waals surface area contributed by atoms with Crippen LogP contribution in [0.5, 0.6) is 11.5 Å². The van der Waals surface area contributed by atoms with E-state index in [1.165, 1.54) is 0 Å². The van der Waals surface area contributed by atoms with Gasteiger partial charge in [0.25, 0.3) is 0 Å². The maximum atomic E-state index is 13.3. The second-order valence-electron chi connectivity index (χ2n) is 10.3. The number of ketones is 1. The number of benzene rings is 4. The summed E-state index contributed by atoms with van der Waals surface area (Å²) in [6, 6.07) is 34.7. The largest absolute Gasteiger partial charge is 0.489 e. The lowest BCUT2D eigenvalue weighted by Gasteiger charge is -2.26. The standard InChI is InChI=1S/C34H36N2O4/c1-34(2,25-35-33(38)18-26-12-6-3-7-13-26)36-22-32(37)29-19-30(39-23-27-14-8-4-9-15-27)21-31(20-29)40-24-28-16-10-5-11-17-28/h3-17,19-21,36H,18,22-25H2,1-2H3,(H,35,38). The predicted molar refractivity (Wildman–Crippen MR) is 158 cm³/mol. The van der Waals surface area contributed by atoms with Crippen molar-refractivity contribution in [2.24, 2.45) is 0 Å². The Bertz CT molecular complexity index is 1310.